The molecule has 0 radical (unpaired) electrons. The summed E-state index contributed by atoms with van der Waals surface area (Å²) in [5.74, 6) is -2.34. The molecule has 566 valence electrons. The normalized spacial score (nSPS) is 35.2. The Bertz CT molecular complexity index is 3780. The molecular weight excluding hydrogens is 1410 g/mol. The molecule has 29 nitrogen and oxygen atoms in total. The van der Waals surface area contributed by atoms with Crippen LogP contribution in [0.1, 0.15) is 150 Å². The Balaban J connectivity index is 0.000000154. The first-order chi connectivity index (χ1) is 50.3. The Morgan fingerprint density at radius 1 is 0.476 bits per heavy atom. The molecule has 16 atom stereocenters. The van der Waals surface area contributed by atoms with Gasteiger partial charge in [-0.15, -0.1) is 28.3 Å². The summed E-state index contributed by atoms with van der Waals surface area (Å²) in [7, 11) is 0. The maximum Gasteiger partial charge on any atom is 0.436 e. The van der Waals surface area contributed by atoms with Crippen LogP contribution in [0.5, 0.6) is 0 Å². The number of carbonyl (C=O) groups is 8. The molecule has 3 aromatic rings. The van der Waals surface area contributed by atoms with Crippen LogP contribution in [0.25, 0.3) is 0 Å². The van der Waals surface area contributed by atoms with Crippen molar-refractivity contribution in [2.45, 2.75) is 221 Å². The van der Waals surface area contributed by atoms with E-state index in [1.807, 2.05) is 20.8 Å². The lowest BCUT2D eigenvalue weighted by Crippen LogP contribution is -2.29. The van der Waals surface area contributed by atoms with Gasteiger partial charge in [0.15, 0.2) is 0 Å². The van der Waals surface area contributed by atoms with Crippen LogP contribution in [0.15, 0.2) is 133 Å². The summed E-state index contributed by atoms with van der Waals surface area (Å²) in [6.07, 6.45) is 27.0. The van der Waals surface area contributed by atoms with Gasteiger partial charge in [0.2, 0.25) is 0 Å². The molecule has 0 saturated carbocycles. The van der Waals surface area contributed by atoms with Gasteiger partial charge in [-0.2, -0.15) is 24.2 Å². The van der Waals surface area contributed by atoms with E-state index in [9.17, 15) is 43.5 Å². The number of epoxide rings is 4. The lowest BCUT2D eigenvalue weighted by Gasteiger charge is -2.20. The summed E-state index contributed by atoms with van der Waals surface area (Å²) in [6, 6.07) is -0.412. The second-order valence-electron chi connectivity index (χ2n) is 29.0. The average molecular weight is 1500 g/mol. The first-order valence-electron chi connectivity index (χ1n) is 35.6. The molecule has 15 rings (SSSR count). The number of halogens is 2. The molecule has 0 spiro atoms. The van der Waals surface area contributed by atoms with Crippen molar-refractivity contribution in [2.24, 2.45) is 23.7 Å². The number of aliphatic hydroxyl groups is 1. The summed E-state index contributed by atoms with van der Waals surface area (Å²) >= 11 is 9.53. The first kappa shape index (κ1) is 77.8. The Kier molecular flexibility index (Phi) is 24.9. The molecule has 8 saturated heterocycles. The van der Waals surface area contributed by atoms with Crippen molar-refractivity contribution in [2.75, 3.05) is 31.8 Å². The molecule has 8 fully saturated rings. The molecule has 105 heavy (non-hydrogen) atoms. The Morgan fingerprint density at radius 2 is 0.762 bits per heavy atom. The van der Waals surface area contributed by atoms with Gasteiger partial charge >= 0.3 is 47.9 Å². The fourth-order valence-corrected chi connectivity index (χ4v) is 15.1. The van der Waals surface area contributed by atoms with E-state index < -0.39 is 12.1 Å². The number of carbonyl (C=O) groups excluding carboxylic acids is 8. The Labute approximate surface area is 617 Å². The molecule has 0 bridgehead atoms. The van der Waals surface area contributed by atoms with Gasteiger partial charge in [-0.05, 0) is 159 Å². The third-order valence-corrected chi connectivity index (χ3v) is 21.8. The standard InChI is InChI=1S/C35H44O10.C18H21N3O5.C15H20O4.C5H4N6O.CH2Cl2/c1-20-24-14-12-22(8-6-16-34(3)30(44-34)28(24)42-32(20)38)18-40-26(36)10-5-11-27(37)41-19-23-9-7-17-35(4)31(45-35)29-25(15-13-23)21(2)33(39)43-29;1-11-13-6-5-12(8-24-17(23)21-10-19-9-20-21)4-3-7-18(2)15(26-18)14(13)25-16(11)22;1-9-11-6-5-10(8-16)4-3-7-15(2)13(19-15)12(11)18-14(9)17;12-5(10-3-6-1-8-10)11-4-7-2-9-11;2-1-3/h8-9,24-25,28-31H,1-2,5-7,10-19H2,3-4H3;4,9-10,13-15H,1,3,5-8H2,2H3;4,11-13,16H,1,3,5-8H2,2H3;1-4H;1H2/b22-8+,23-9+;12-4+;10-4+;;/t24-,25-,28-,29-,30-,31-,34+,35+;13-,14-,15-,18+;11-,12-,13-,15+;;/m000../s1. The van der Waals surface area contributed by atoms with Crippen LogP contribution in [-0.2, 0) is 80.9 Å². The highest BCUT2D eigenvalue weighted by molar-refractivity contribution is 6.40. The fraction of sp³-hybridized carbons (Fsp3) is 0.595. The summed E-state index contributed by atoms with van der Waals surface area (Å²) in [5, 5.41) is 20.6. The molecule has 0 unspecified atom stereocenters. The SMILES string of the molecule is C=C1C(=O)O[C@H]2[C@H]1CC/C(CO)=C\CC[C@@]1(C)O[C@@H]21.C=C1C(=O)O[C@H]2[C@H]1CC/C(COC(=O)CCCC(=O)OC/C1=C/CC[C@@]3(C)O[C@H]3[C@H]3OC(=O)C(=C)[C@@H]3CC1)=C\CC[C@@]1(C)O[C@@H]21.C=C1C(=O)O[C@H]2[C@H]1CC/C(COC(=O)n1cncn1)=C\CC[C@@]1(C)O[C@@H]21.ClCCl.O=C(n1cncn1)n1cncn1. The van der Waals surface area contributed by atoms with Crippen LogP contribution in [0.4, 0.5) is 9.59 Å². The number of fused-ring (bicyclic) bond motifs is 12. The zero-order chi connectivity index (χ0) is 75.0. The van der Waals surface area contributed by atoms with Gasteiger partial charge in [-0.1, -0.05) is 50.6 Å². The van der Waals surface area contributed by atoms with Crippen molar-refractivity contribution >= 4 is 71.1 Å². The smallest absolute Gasteiger partial charge is 0.436 e. The maximum atomic E-state index is 12.5. The number of aromatic nitrogens is 9. The summed E-state index contributed by atoms with van der Waals surface area (Å²) in [5.41, 5.74) is 4.96. The molecule has 12 aliphatic rings. The van der Waals surface area contributed by atoms with E-state index in [0.29, 0.717) is 67.2 Å². The number of hydrogen-bond donors (Lipinski definition) is 1. The predicted molar refractivity (Wildman–Crippen MR) is 372 cm³/mol. The van der Waals surface area contributed by atoms with Crippen LogP contribution < -0.4 is 0 Å². The van der Waals surface area contributed by atoms with Crippen molar-refractivity contribution in [3.63, 3.8) is 0 Å². The van der Waals surface area contributed by atoms with Crippen LogP contribution in [0.2, 0.25) is 0 Å². The average Bonchev–Trinajstić information content (AvgIpc) is 1.60. The summed E-state index contributed by atoms with van der Waals surface area (Å²) in [6.45, 7) is 24.5. The van der Waals surface area contributed by atoms with Crippen molar-refractivity contribution in [3.05, 3.63) is 133 Å². The number of allylic oxidation sites excluding steroid dienone is 4. The second-order valence-corrected chi connectivity index (χ2v) is 29.8. The van der Waals surface area contributed by atoms with E-state index in [2.05, 4.69) is 87.8 Å². The van der Waals surface area contributed by atoms with Crippen LogP contribution in [-0.4, -0.2) is 200 Å². The van der Waals surface area contributed by atoms with E-state index >= 15 is 0 Å². The van der Waals surface area contributed by atoms with Gasteiger partial charge < -0.3 is 57.2 Å². The number of nitrogens with zero attached hydrogens (tertiary/aromatic N) is 9. The maximum absolute atomic E-state index is 12.5. The minimum absolute atomic E-state index is 0.00442. The molecule has 4 aliphatic carbocycles. The molecule has 1 N–H and O–H groups in total. The molecule has 0 amide bonds. The third kappa shape index (κ3) is 18.7. The number of hydrogen-bond acceptors (Lipinski definition) is 26. The zero-order valence-corrected chi connectivity index (χ0v) is 61.0. The quantitative estimate of drug-likeness (QED) is 0.0466. The topological polar surface area (TPSA) is 364 Å². The van der Waals surface area contributed by atoms with Gasteiger partial charge in [0.1, 0.15) is 107 Å². The van der Waals surface area contributed by atoms with Crippen molar-refractivity contribution < 1.29 is 95.6 Å². The number of esters is 6. The zero-order valence-electron chi connectivity index (χ0n) is 59.5. The van der Waals surface area contributed by atoms with Gasteiger partial charge in [-0.25, -0.2) is 43.7 Å². The molecular formula is C74H91Cl2N9O20. The minimum atomic E-state index is -0.570. The number of rotatable bonds is 11. The molecule has 3 aromatic heterocycles. The fourth-order valence-electron chi connectivity index (χ4n) is 15.1. The first-order valence-corrected chi connectivity index (χ1v) is 36.7. The highest BCUT2D eigenvalue weighted by Crippen LogP contribution is 2.54. The second kappa shape index (κ2) is 33.6. The van der Waals surface area contributed by atoms with Crippen LogP contribution in [0, 0.1) is 23.7 Å². The monoisotopic (exact) mass is 1500 g/mol. The highest BCUT2D eigenvalue weighted by atomic mass is 35.5. The third-order valence-electron chi connectivity index (χ3n) is 21.8. The van der Waals surface area contributed by atoms with Crippen LogP contribution in [0.3, 0.4) is 0 Å². The van der Waals surface area contributed by atoms with E-state index in [1.165, 1.54) is 38.0 Å². The van der Waals surface area contributed by atoms with Gasteiger partial charge in [0, 0.05) is 58.8 Å². The van der Waals surface area contributed by atoms with Gasteiger partial charge in [-0.3, -0.25) is 9.59 Å². The highest BCUT2D eigenvalue weighted by Gasteiger charge is 2.65. The van der Waals surface area contributed by atoms with Gasteiger partial charge in [0.25, 0.3) is 0 Å². The predicted octanol–water partition coefficient (Wildman–Crippen LogP) is 9.31. The van der Waals surface area contributed by atoms with E-state index in [-0.39, 0.29) is 175 Å². The van der Waals surface area contributed by atoms with Crippen molar-refractivity contribution in [1.29, 1.82) is 0 Å². The van der Waals surface area contributed by atoms with E-state index in [4.69, 9.17) is 75.3 Å². The lowest BCUT2D eigenvalue weighted by atomic mass is 9.84. The van der Waals surface area contributed by atoms with Crippen molar-refractivity contribution in [3.8, 4) is 0 Å². The summed E-state index contributed by atoms with van der Waals surface area (Å²) < 4.78 is 65.4. The largest absolute Gasteiger partial charge is 0.461 e. The molecule has 0 aromatic carbocycles. The van der Waals surface area contributed by atoms with Crippen molar-refractivity contribution in [1.82, 2.24) is 44.3 Å². The Hall–Kier alpha value is -8.32. The van der Waals surface area contributed by atoms with Gasteiger partial charge in [0.05, 0.1) is 34.4 Å². The molecule has 11 heterocycles. The molecule has 31 heteroatoms. The summed E-state index contributed by atoms with van der Waals surface area (Å²) in [4.78, 5) is 107. The van der Waals surface area contributed by atoms with E-state index in [0.717, 1.165) is 101 Å². The number of aliphatic hydroxyl groups excluding tert-OH is 1. The number of ether oxygens (including phenoxy) is 11. The van der Waals surface area contributed by atoms with E-state index in [1.54, 1.807) is 0 Å². The number of alkyl halides is 2. The van der Waals surface area contributed by atoms with Crippen LogP contribution >= 0.6 is 23.2 Å². The Morgan fingerprint density at radius 3 is 1.06 bits per heavy atom. The lowest BCUT2D eigenvalue weighted by molar-refractivity contribution is -0.145. The molecule has 8 aliphatic heterocycles. The minimum Gasteiger partial charge on any atom is -0.461 e.